The fraction of sp³-hybridized carbons (Fsp3) is 0.278. The maximum atomic E-state index is 12.3. The van der Waals surface area contributed by atoms with Gasteiger partial charge in [-0.3, -0.25) is 9.78 Å². The van der Waals surface area contributed by atoms with Crippen molar-refractivity contribution in [2.24, 2.45) is 0 Å². The van der Waals surface area contributed by atoms with Crippen LogP contribution in [-0.2, 0) is 4.79 Å². The fourth-order valence-electron chi connectivity index (χ4n) is 2.73. The highest BCUT2D eigenvalue weighted by Crippen LogP contribution is 2.24. The van der Waals surface area contributed by atoms with Crippen molar-refractivity contribution in [3.05, 3.63) is 48.8 Å². The van der Waals surface area contributed by atoms with Crippen LogP contribution in [0.4, 0.5) is 16.2 Å². The van der Waals surface area contributed by atoms with Gasteiger partial charge in [0.25, 0.3) is 0 Å². The van der Waals surface area contributed by atoms with Crippen LogP contribution in [0.15, 0.2) is 48.8 Å². The van der Waals surface area contributed by atoms with Crippen LogP contribution in [0, 0.1) is 0 Å². The van der Waals surface area contributed by atoms with Crippen molar-refractivity contribution in [1.82, 2.24) is 10.3 Å². The van der Waals surface area contributed by atoms with E-state index in [9.17, 15) is 9.59 Å². The summed E-state index contributed by atoms with van der Waals surface area (Å²) in [4.78, 5) is 29.9. The van der Waals surface area contributed by atoms with Gasteiger partial charge in [-0.15, -0.1) is 0 Å². The number of urea groups is 1. The number of nitrogens with one attached hydrogen (secondary N) is 2. The number of pyridine rings is 1. The van der Waals surface area contributed by atoms with Crippen LogP contribution in [-0.4, -0.2) is 36.1 Å². The molecule has 1 aromatic carbocycles. The Morgan fingerprint density at radius 2 is 1.96 bits per heavy atom. The lowest BCUT2D eigenvalue weighted by molar-refractivity contribution is -0.117. The Balaban J connectivity index is 1.57. The highest BCUT2D eigenvalue weighted by molar-refractivity contribution is 5.97. The molecular weight excluding hydrogens is 320 g/mol. The molecule has 3 rings (SSSR count). The van der Waals surface area contributed by atoms with E-state index in [1.54, 1.807) is 29.4 Å². The average molecular weight is 340 g/mol. The third kappa shape index (κ3) is 4.26. The molecule has 2 aromatic rings. The number of amides is 3. The summed E-state index contributed by atoms with van der Waals surface area (Å²) in [6.45, 7) is 2.96. The monoisotopic (exact) mass is 340 g/mol. The summed E-state index contributed by atoms with van der Waals surface area (Å²) < 4.78 is 5.41. The van der Waals surface area contributed by atoms with Crippen molar-refractivity contribution < 1.29 is 14.3 Å². The van der Waals surface area contributed by atoms with Gasteiger partial charge >= 0.3 is 6.03 Å². The molecule has 1 saturated heterocycles. The van der Waals surface area contributed by atoms with E-state index in [0.717, 1.165) is 11.4 Å². The minimum absolute atomic E-state index is 0.0154. The first-order chi connectivity index (χ1) is 12.2. The van der Waals surface area contributed by atoms with Gasteiger partial charge < -0.3 is 20.3 Å². The summed E-state index contributed by atoms with van der Waals surface area (Å²) in [5.74, 6) is 0.752. The van der Waals surface area contributed by atoms with Gasteiger partial charge in [0, 0.05) is 36.7 Å². The molecule has 130 valence electrons. The van der Waals surface area contributed by atoms with Crippen molar-refractivity contribution in [2.45, 2.75) is 19.4 Å². The molecule has 0 unspecified atom stereocenters. The Labute approximate surface area is 146 Å². The molecular formula is C18H20N4O3. The van der Waals surface area contributed by atoms with Crippen molar-refractivity contribution >= 4 is 23.3 Å². The van der Waals surface area contributed by atoms with Crippen LogP contribution in [0.5, 0.6) is 5.75 Å². The smallest absolute Gasteiger partial charge is 0.319 e. The molecule has 25 heavy (non-hydrogen) atoms. The zero-order valence-corrected chi connectivity index (χ0v) is 13.9. The van der Waals surface area contributed by atoms with E-state index in [0.29, 0.717) is 18.8 Å². The number of benzene rings is 1. The van der Waals surface area contributed by atoms with E-state index in [-0.39, 0.29) is 24.4 Å². The van der Waals surface area contributed by atoms with Gasteiger partial charge in [-0.2, -0.15) is 0 Å². The third-order valence-electron chi connectivity index (χ3n) is 3.86. The number of nitrogens with zero attached hydrogens (tertiary/aromatic N) is 2. The summed E-state index contributed by atoms with van der Waals surface area (Å²) in [6.07, 6.45) is 3.47. The van der Waals surface area contributed by atoms with Crippen molar-refractivity contribution in [2.75, 3.05) is 23.4 Å². The lowest BCUT2D eigenvalue weighted by Crippen LogP contribution is -2.39. The molecule has 1 fully saturated rings. The first-order valence-corrected chi connectivity index (χ1v) is 8.16. The van der Waals surface area contributed by atoms with Gasteiger partial charge in [-0.05, 0) is 43.3 Å². The quantitative estimate of drug-likeness (QED) is 0.875. The number of hydrogen-bond donors (Lipinski definition) is 2. The molecule has 7 heteroatoms. The zero-order valence-electron chi connectivity index (χ0n) is 13.9. The number of carbonyl (C=O) groups is 2. The first-order valence-electron chi connectivity index (χ1n) is 8.16. The molecule has 7 nitrogen and oxygen atoms in total. The minimum atomic E-state index is -0.336. The van der Waals surface area contributed by atoms with Crippen LogP contribution < -0.4 is 20.3 Å². The van der Waals surface area contributed by atoms with Gasteiger partial charge in [-0.1, -0.05) is 0 Å². The summed E-state index contributed by atoms with van der Waals surface area (Å²) in [5, 5.41) is 5.55. The molecule has 1 atom stereocenters. The maximum absolute atomic E-state index is 12.3. The number of aromatic nitrogens is 1. The Morgan fingerprint density at radius 3 is 2.64 bits per heavy atom. The second-order valence-corrected chi connectivity index (χ2v) is 5.67. The summed E-state index contributed by atoms with van der Waals surface area (Å²) >= 11 is 0. The molecule has 1 aromatic heterocycles. The molecule has 2 N–H and O–H groups in total. The molecule has 0 spiro atoms. The zero-order chi connectivity index (χ0) is 17.6. The van der Waals surface area contributed by atoms with Crippen LogP contribution in [0.25, 0.3) is 0 Å². The number of hydrogen-bond acceptors (Lipinski definition) is 4. The number of anilines is 2. The Kier molecular flexibility index (Phi) is 5.13. The Bertz CT molecular complexity index is 734. The van der Waals surface area contributed by atoms with Gasteiger partial charge in [-0.25, -0.2) is 4.79 Å². The van der Waals surface area contributed by atoms with E-state index >= 15 is 0 Å². The highest BCUT2D eigenvalue weighted by atomic mass is 16.5. The Morgan fingerprint density at radius 1 is 1.24 bits per heavy atom. The highest BCUT2D eigenvalue weighted by Gasteiger charge is 2.31. The van der Waals surface area contributed by atoms with Crippen molar-refractivity contribution in [3.8, 4) is 5.75 Å². The van der Waals surface area contributed by atoms with Crippen LogP contribution >= 0.6 is 0 Å². The topological polar surface area (TPSA) is 83.6 Å². The Hall–Kier alpha value is -3.09. The van der Waals surface area contributed by atoms with Crippen LogP contribution in [0.3, 0.4) is 0 Å². The van der Waals surface area contributed by atoms with Gasteiger partial charge in [0.1, 0.15) is 5.75 Å². The molecule has 0 bridgehead atoms. The summed E-state index contributed by atoms with van der Waals surface area (Å²) in [6, 6.07) is 10.2. The third-order valence-corrected chi connectivity index (χ3v) is 3.86. The van der Waals surface area contributed by atoms with Crippen LogP contribution in [0.1, 0.15) is 13.3 Å². The van der Waals surface area contributed by atoms with E-state index in [2.05, 4.69) is 15.6 Å². The second kappa shape index (κ2) is 7.65. The average Bonchev–Trinajstić information content (AvgIpc) is 2.97. The normalized spacial score (nSPS) is 16.6. The van der Waals surface area contributed by atoms with E-state index < -0.39 is 0 Å². The SMILES string of the molecule is CCOc1ccc(N2C[C@H](NC(=O)Nc3ccncc3)CC2=O)cc1. The fourth-order valence-corrected chi connectivity index (χ4v) is 2.73. The molecule has 0 radical (unpaired) electrons. The van der Waals surface area contributed by atoms with E-state index in [1.807, 2.05) is 31.2 Å². The van der Waals surface area contributed by atoms with Gasteiger partial charge in [0.05, 0.1) is 12.6 Å². The summed E-state index contributed by atoms with van der Waals surface area (Å²) in [7, 11) is 0. The molecule has 0 aliphatic carbocycles. The molecule has 0 saturated carbocycles. The molecule has 2 heterocycles. The lowest BCUT2D eigenvalue weighted by Gasteiger charge is -2.18. The maximum Gasteiger partial charge on any atom is 0.319 e. The van der Waals surface area contributed by atoms with Crippen molar-refractivity contribution in [3.63, 3.8) is 0 Å². The predicted molar refractivity (Wildman–Crippen MR) is 94.8 cm³/mol. The minimum Gasteiger partial charge on any atom is -0.494 e. The van der Waals surface area contributed by atoms with Crippen molar-refractivity contribution in [1.29, 1.82) is 0 Å². The molecule has 1 aliphatic heterocycles. The molecule has 1 aliphatic rings. The van der Waals surface area contributed by atoms with Gasteiger partial charge in [0.2, 0.25) is 5.91 Å². The van der Waals surface area contributed by atoms with E-state index in [4.69, 9.17) is 4.74 Å². The first kappa shape index (κ1) is 16.8. The summed E-state index contributed by atoms with van der Waals surface area (Å²) in [5.41, 5.74) is 1.45. The lowest BCUT2D eigenvalue weighted by atomic mass is 10.2. The molecule has 3 amide bonds. The van der Waals surface area contributed by atoms with Crippen LogP contribution in [0.2, 0.25) is 0 Å². The number of rotatable bonds is 5. The largest absolute Gasteiger partial charge is 0.494 e. The number of ether oxygens (including phenoxy) is 1. The predicted octanol–water partition coefficient (Wildman–Crippen LogP) is 2.41. The number of carbonyl (C=O) groups excluding carboxylic acids is 2. The van der Waals surface area contributed by atoms with E-state index in [1.165, 1.54) is 0 Å². The second-order valence-electron chi connectivity index (χ2n) is 5.67. The standard InChI is InChI=1S/C18H20N4O3/c1-2-25-16-5-3-15(4-6-16)22-12-14(11-17(22)23)21-18(24)20-13-7-9-19-10-8-13/h3-10,14H,2,11-12H2,1H3,(H2,19,20,21,24)/t14-/m1/s1. The van der Waals surface area contributed by atoms with Gasteiger partial charge in [0.15, 0.2) is 0 Å².